The largest absolute Gasteiger partial charge is 0.403 e. The summed E-state index contributed by atoms with van der Waals surface area (Å²) in [6, 6.07) is 3.66. The molecule has 0 aromatic heterocycles. The molecule has 1 fully saturated rings. The predicted octanol–water partition coefficient (Wildman–Crippen LogP) is 3.88. The molecule has 2 aliphatic rings. The number of nitrogens with zero attached hydrogens (tertiary/aromatic N) is 1. The molecule has 0 radical (unpaired) electrons. The number of amides is 1. The number of benzene rings is 1. The molecule has 0 bridgehead atoms. The Morgan fingerprint density at radius 3 is 2.46 bits per heavy atom. The van der Waals surface area contributed by atoms with Gasteiger partial charge in [0.25, 0.3) is 0 Å². The Hall–Kier alpha value is -2.16. The fourth-order valence-electron chi connectivity index (χ4n) is 3.72. The molecule has 154 valence electrons. The maximum absolute atomic E-state index is 14.6. The van der Waals surface area contributed by atoms with Gasteiger partial charge in [-0.2, -0.15) is 13.2 Å². The van der Waals surface area contributed by atoms with Crippen molar-refractivity contribution in [2.24, 2.45) is 16.1 Å². The summed E-state index contributed by atoms with van der Waals surface area (Å²) in [5.41, 5.74) is 1.96. The predicted molar refractivity (Wildman–Crippen MR) is 96.4 cm³/mol. The standard InChI is InChI=1S/C19H23F4N3O2/c1-16(2)10-17(3,26-14(24)9-28-16)12-8-11(4-5-13(12)20)25-15(27)18(6-7-18)19(21,22)23/h4-5,8H,6-7,9-10H2,1-3H3,(H2,24,26)(H,25,27)/t17-/m0/s1. The molecule has 0 spiro atoms. The van der Waals surface area contributed by atoms with Crippen LogP contribution in [0.25, 0.3) is 0 Å². The number of rotatable bonds is 3. The molecule has 1 aromatic carbocycles. The molecule has 28 heavy (non-hydrogen) atoms. The van der Waals surface area contributed by atoms with Gasteiger partial charge in [-0.1, -0.05) is 0 Å². The fraction of sp³-hybridized carbons (Fsp3) is 0.579. The van der Waals surface area contributed by atoms with Gasteiger partial charge in [0, 0.05) is 17.7 Å². The van der Waals surface area contributed by atoms with Gasteiger partial charge in [-0.05, 0) is 51.8 Å². The van der Waals surface area contributed by atoms with E-state index >= 15 is 0 Å². The minimum Gasteiger partial charge on any atom is -0.386 e. The lowest BCUT2D eigenvalue weighted by Gasteiger charge is -2.33. The Balaban J connectivity index is 1.94. The number of anilines is 1. The molecule has 3 rings (SSSR count). The van der Waals surface area contributed by atoms with Crippen LogP contribution in [0.15, 0.2) is 23.2 Å². The molecular formula is C19H23F4N3O2. The van der Waals surface area contributed by atoms with Crippen LogP contribution < -0.4 is 11.1 Å². The highest BCUT2D eigenvalue weighted by atomic mass is 19.4. The zero-order valence-corrected chi connectivity index (χ0v) is 15.9. The first-order valence-electron chi connectivity index (χ1n) is 8.94. The van der Waals surface area contributed by atoms with Gasteiger partial charge in [0.2, 0.25) is 5.91 Å². The van der Waals surface area contributed by atoms with Crippen molar-refractivity contribution in [2.75, 3.05) is 11.9 Å². The zero-order chi connectivity index (χ0) is 21.0. The lowest BCUT2D eigenvalue weighted by Crippen LogP contribution is -2.37. The highest BCUT2D eigenvalue weighted by Crippen LogP contribution is 2.58. The number of aliphatic imine (C=N–C) groups is 1. The van der Waals surface area contributed by atoms with Crippen LogP contribution in [-0.2, 0) is 15.1 Å². The Labute approximate surface area is 160 Å². The molecule has 1 aromatic rings. The number of hydrogen-bond donors (Lipinski definition) is 2. The van der Waals surface area contributed by atoms with Crippen molar-refractivity contribution in [3.8, 4) is 0 Å². The average molecular weight is 401 g/mol. The second kappa shape index (κ2) is 6.43. The van der Waals surface area contributed by atoms with Gasteiger partial charge < -0.3 is 15.8 Å². The lowest BCUT2D eigenvalue weighted by atomic mass is 9.82. The van der Waals surface area contributed by atoms with Gasteiger partial charge >= 0.3 is 6.18 Å². The normalized spacial score (nSPS) is 26.2. The molecule has 0 unspecified atom stereocenters. The van der Waals surface area contributed by atoms with Crippen molar-refractivity contribution in [3.05, 3.63) is 29.6 Å². The van der Waals surface area contributed by atoms with E-state index in [0.29, 0.717) is 6.42 Å². The van der Waals surface area contributed by atoms with E-state index in [-0.39, 0.29) is 36.5 Å². The molecule has 1 atom stereocenters. The van der Waals surface area contributed by atoms with Crippen molar-refractivity contribution < 1.29 is 27.1 Å². The Kier molecular flexibility index (Phi) is 4.73. The van der Waals surface area contributed by atoms with Crippen molar-refractivity contribution in [2.45, 2.75) is 57.3 Å². The number of hydrogen-bond acceptors (Lipinski definition) is 4. The number of ether oxygens (including phenoxy) is 1. The highest BCUT2D eigenvalue weighted by molar-refractivity contribution is 5.98. The van der Waals surface area contributed by atoms with Crippen LogP contribution in [0.4, 0.5) is 23.2 Å². The minimum atomic E-state index is -4.62. The number of amidine groups is 1. The third kappa shape index (κ3) is 3.72. The maximum Gasteiger partial charge on any atom is 0.403 e. The Bertz CT molecular complexity index is 831. The Morgan fingerprint density at radius 1 is 1.25 bits per heavy atom. The number of nitrogens with one attached hydrogen (secondary N) is 1. The smallest absolute Gasteiger partial charge is 0.386 e. The number of carbonyl (C=O) groups excluding carboxylic acids is 1. The second-order valence-electron chi connectivity index (χ2n) is 8.33. The number of carbonyl (C=O) groups is 1. The topological polar surface area (TPSA) is 76.7 Å². The van der Waals surface area contributed by atoms with Gasteiger partial charge in [-0.3, -0.25) is 9.79 Å². The van der Waals surface area contributed by atoms with Crippen LogP contribution in [0, 0.1) is 11.2 Å². The van der Waals surface area contributed by atoms with Crippen molar-refractivity contribution >= 4 is 17.4 Å². The number of halogens is 4. The SMILES string of the molecule is CC1(C)C[C@@](C)(c2cc(NC(=O)C3(C(F)(F)F)CC3)ccc2F)N=C(N)CO1. The Morgan fingerprint density at radius 2 is 1.89 bits per heavy atom. The van der Waals surface area contributed by atoms with Crippen LogP contribution in [-0.4, -0.2) is 30.1 Å². The molecule has 1 saturated carbocycles. The van der Waals surface area contributed by atoms with Crippen molar-refractivity contribution in [3.63, 3.8) is 0 Å². The second-order valence-corrected chi connectivity index (χ2v) is 8.33. The number of nitrogens with two attached hydrogens (primary N) is 1. The van der Waals surface area contributed by atoms with E-state index < -0.39 is 34.5 Å². The van der Waals surface area contributed by atoms with Gasteiger partial charge in [0.15, 0.2) is 0 Å². The average Bonchev–Trinajstić information content (AvgIpc) is 3.35. The molecule has 1 aliphatic heterocycles. The van der Waals surface area contributed by atoms with E-state index in [1.165, 1.54) is 12.1 Å². The van der Waals surface area contributed by atoms with Crippen LogP contribution in [0.3, 0.4) is 0 Å². The molecule has 1 aliphatic carbocycles. The zero-order valence-electron chi connectivity index (χ0n) is 15.9. The van der Waals surface area contributed by atoms with Crippen LogP contribution in [0.5, 0.6) is 0 Å². The molecule has 5 nitrogen and oxygen atoms in total. The van der Waals surface area contributed by atoms with Gasteiger partial charge in [-0.15, -0.1) is 0 Å². The third-order valence-electron chi connectivity index (χ3n) is 5.30. The van der Waals surface area contributed by atoms with E-state index in [1.807, 2.05) is 13.8 Å². The summed E-state index contributed by atoms with van der Waals surface area (Å²) in [5.74, 6) is -1.53. The first-order valence-corrected chi connectivity index (χ1v) is 8.94. The van der Waals surface area contributed by atoms with E-state index in [0.717, 1.165) is 6.07 Å². The van der Waals surface area contributed by atoms with Crippen molar-refractivity contribution in [1.29, 1.82) is 0 Å². The summed E-state index contributed by atoms with van der Waals surface area (Å²) in [5, 5.41) is 2.29. The molecule has 9 heteroatoms. The first kappa shape index (κ1) is 20.6. The minimum absolute atomic E-state index is 0.0786. The van der Waals surface area contributed by atoms with Gasteiger partial charge in [-0.25, -0.2) is 4.39 Å². The van der Waals surface area contributed by atoms with Gasteiger partial charge in [0.1, 0.15) is 23.7 Å². The van der Waals surface area contributed by atoms with E-state index in [4.69, 9.17) is 10.5 Å². The summed E-state index contributed by atoms with van der Waals surface area (Å²) in [6.07, 6.45) is -4.82. The van der Waals surface area contributed by atoms with Crippen LogP contribution in [0.1, 0.15) is 45.6 Å². The van der Waals surface area contributed by atoms with Gasteiger partial charge in [0.05, 0.1) is 11.1 Å². The molecular weight excluding hydrogens is 378 g/mol. The maximum atomic E-state index is 14.6. The molecule has 3 N–H and O–H groups in total. The first-order chi connectivity index (χ1) is 12.8. The summed E-state index contributed by atoms with van der Waals surface area (Å²) in [6.45, 7) is 5.42. The highest BCUT2D eigenvalue weighted by Gasteiger charge is 2.68. The van der Waals surface area contributed by atoms with Crippen LogP contribution in [0.2, 0.25) is 0 Å². The van der Waals surface area contributed by atoms with E-state index in [2.05, 4.69) is 10.3 Å². The number of alkyl halides is 3. The van der Waals surface area contributed by atoms with E-state index in [9.17, 15) is 22.4 Å². The summed E-state index contributed by atoms with van der Waals surface area (Å²) >= 11 is 0. The van der Waals surface area contributed by atoms with E-state index in [1.54, 1.807) is 6.92 Å². The molecule has 1 heterocycles. The monoisotopic (exact) mass is 401 g/mol. The quantitative estimate of drug-likeness (QED) is 0.755. The lowest BCUT2D eigenvalue weighted by molar-refractivity contribution is -0.189. The fourth-order valence-corrected chi connectivity index (χ4v) is 3.72. The molecule has 0 saturated heterocycles. The van der Waals surface area contributed by atoms with Crippen LogP contribution >= 0.6 is 0 Å². The summed E-state index contributed by atoms with van der Waals surface area (Å²) in [4.78, 5) is 16.6. The summed E-state index contributed by atoms with van der Waals surface area (Å²) < 4.78 is 59.8. The van der Waals surface area contributed by atoms with Crippen molar-refractivity contribution in [1.82, 2.24) is 0 Å². The molecule has 1 amide bonds. The third-order valence-corrected chi connectivity index (χ3v) is 5.30. The summed E-state index contributed by atoms with van der Waals surface area (Å²) in [7, 11) is 0.